The van der Waals surface area contributed by atoms with E-state index in [1.807, 2.05) is 0 Å². The van der Waals surface area contributed by atoms with Crippen LogP contribution in [0.15, 0.2) is 24.3 Å². The summed E-state index contributed by atoms with van der Waals surface area (Å²) >= 11 is 0. The van der Waals surface area contributed by atoms with Crippen LogP contribution in [-0.2, 0) is 0 Å². The fourth-order valence-electron chi connectivity index (χ4n) is 1.08. The average Bonchev–Trinajstić information content (AvgIpc) is 2.09. The molecule has 1 N–H and O–H groups in total. The van der Waals surface area contributed by atoms with Crippen LogP contribution >= 0.6 is 0 Å². The Hall–Kier alpha value is -1.58. The van der Waals surface area contributed by atoms with Crippen LogP contribution in [0.5, 0.6) is 0 Å². The molecule has 70 valence electrons. The lowest BCUT2D eigenvalue weighted by molar-refractivity contribution is 0.202. The van der Waals surface area contributed by atoms with Gasteiger partial charge in [0.2, 0.25) is 0 Å². The molecule has 1 rings (SSSR count). The molecule has 1 aromatic rings. The molecule has 0 unspecified atom stereocenters. The Morgan fingerprint density at radius 3 is 2.62 bits per heavy atom. The van der Waals surface area contributed by atoms with Gasteiger partial charge in [-0.1, -0.05) is 12.1 Å². The maximum Gasteiger partial charge on any atom is 0.411 e. The lowest BCUT2D eigenvalue weighted by Crippen LogP contribution is -2.29. The Bertz CT molecular complexity index is 314. The predicted molar refractivity (Wildman–Crippen MR) is 47.4 cm³/mol. The molecular formula is C9H10FNO2. The van der Waals surface area contributed by atoms with Crippen molar-refractivity contribution < 1.29 is 14.3 Å². The third kappa shape index (κ3) is 1.96. The van der Waals surface area contributed by atoms with E-state index in [9.17, 15) is 9.18 Å². The zero-order chi connectivity index (χ0) is 9.84. The third-order valence-electron chi connectivity index (χ3n) is 1.69. The molecule has 0 heterocycles. The van der Waals surface area contributed by atoms with Crippen LogP contribution in [0.2, 0.25) is 0 Å². The molecule has 0 fully saturated rings. The van der Waals surface area contributed by atoms with E-state index in [0.29, 0.717) is 0 Å². The first-order valence-electron chi connectivity index (χ1n) is 3.91. The maximum absolute atomic E-state index is 13.1. The van der Waals surface area contributed by atoms with E-state index in [4.69, 9.17) is 5.11 Å². The largest absolute Gasteiger partial charge is 0.465 e. The van der Waals surface area contributed by atoms with Crippen molar-refractivity contribution in [2.24, 2.45) is 0 Å². The van der Waals surface area contributed by atoms with Crippen molar-refractivity contribution in [3.63, 3.8) is 0 Å². The molecule has 0 spiro atoms. The van der Waals surface area contributed by atoms with Crippen molar-refractivity contribution in [2.45, 2.75) is 6.92 Å². The van der Waals surface area contributed by atoms with Crippen LogP contribution in [0.1, 0.15) is 6.92 Å². The van der Waals surface area contributed by atoms with E-state index in [-0.39, 0.29) is 12.2 Å². The van der Waals surface area contributed by atoms with Crippen molar-refractivity contribution in [1.29, 1.82) is 0 Å². The summed E-state index contributed by atoms with van der Waals surface area (Å²) in [5.74, 6) is -0.522. The SMILES string of the molecule is CCN(C(=O)O)c1ccccc1F. The number of carboxylic acid groups (broad SMARTS) is 1. The normalized spacial score (nSPS) is 9.69. The molecule has 0 saturated carbocycles. The molecule has 0 atom stereocenters. The first-order chi connectivity index (χ1) is 6.16. The molecule has 0 radical (unpaired) electrons. The van der Waals surface area contributed by atoms with E-state index >= 15 is 0 Å². The molecule has 0 saturated heterocycles. The van der Waals surface area contributed by atoms with Crippen molar-refractivity contribution in [3.8, 4) is 0 Å². The fourth-order valence-corrected chi connectivity index (χ4v) is 1.08. The number of carbonyl (C=O) groups is 1. The van der Waals surface area contributed by atoms with Gasteiger partial charge in [-0.15, -0.1) is 0 Å². The highest BCUT2D eigenvalue weighted by Crippen LogP contribution is 2.17. The van der Waals surface area contributed by atoms with Gasteiger partial charge in [-0.25, -0.2) is 9.18 Å². The lowest BCUT2D eigenvalue weighted by atomic mass is 10.3. The van der Waals surface area contributed by atoms with E-state index in [1.54, 1.807) is 13.0 Å². The zero-order valence-corrected chi connectivity index (χ0v) is 7.20. The van der Waals surface area contributed by atoms with Crippen molar-refractivity contribution in [2.75, 3.05) is 11.4 Å². The molecule has 3 nitrogen and oxygen atoms in total. The number of hydrogen-bond acceptors (Lipinski definition) is 1. The van der Waals surface area contributed by atoms with Crippen LogP contribution in [0.25, 0.3) is 0 Å². The first-order valence-corrected chi connectivity index (χ1v) is 3.91. The van der Waals surface area contributed by atoms with Crippen LogP contribution in [0, 0.1) is 5.82 Å². The second-order valence-corrected chi connectivity index (χ2v) is 2.48. The van der Waals surface area contributed by atoms with Gasteiger partial charge in [-0.3, -0.25) is 4.90 Å². The summed E-state index contributed by atoms with van der Waals surface area (Å²) in [5.41, 5.74) is 0.0949. The number of hydrogen-bond donors (Lipinski definition) is 1. The topological polar surface area (TPSA) is 40.5 Å². The number of amides is 1. The minimum Gasteiger partial charge on any atom is -0.465 e. The van der Waals surface area contributed by atoms with Crippen molar-refractivity contribution in [3.05, 3.63) is 30.1 Å². The molecule has 1 aromatic carbocycles. The Balaban J connectivity index is 3.04. The number of para-hydroxylation sites is 1. The summed E-state index contributed by atoms with van der Waals surface area (Å²) in [6, 6.07) is 5.80. The van der Waals surface area contributed by atoms with E-state index in [1.165, 1.54) is 18.2 Å². The first kappa shape index (κ1) is 9.51. The fraction of sp³-hybridized carbons (Fsp3) is 0.222. The van der Waals surface area contributed by atoms with Crippen LogP contribution in [-0.4, -0.2) is 17.7 Å². The van der Waals surface area contributed by atoms with Crippen molar-refractivity contribution in [1.82, 2.24) is 0 Å². The van der Waals surface area contributed by atoms with E-state index < -0.39 is 11.9 Å². The standard InChI is InChI=1S/C9H10FNO2/c1-2-11(9(12)13)8-6-4-3-5-7(8)10/h3-6H,2H2,1H3,(H,12,13). The molecule has 0 bridgehead atoms. The molecule has 4 heteroatoms. The van der Waals surface area contributed by atoms with Crippen LogP contribution < -0.4 is 4.90 Å². The summed E-state index contributed by atoms with van der Waals surface area (Å²) in [7, 11) is 0. The van der Waals surface area contributed by atoms with Gasteiger partial charge < -0.3 is 5.11 Å². The molecule has 0 aliphatic carbocycles. The number of benzene rings is 1. The Labute approximate surface area is 75.4 Å². The molecule has 13 heavy (non-hydrogen) atoms. The highest BCUT2D eigenvalue weighted by molar-refractivity contribution is 5.85. The Morgan fingerprint density at radius 2 is 2.15 bits per heavy atom. The Kier molecular flexibility index (Phi) is 2.84. The second-order valence-electron chi connectivity index (χ2n) is 2.48. The third-order valence-corrected chi connectivity index (χ3v) is 1.69. The summed E-state index contributed by atoms with van der Waals surface area (Å²) in [6.07, 6.45) is -1.15. The van der Waals surface area contributed by atoms with Gasteiger partial charge in [0.15, 0.2) is 0 Å². The monoisotopic (exact) mass is 183 g/mol. The average molecular weight is 183 g/mol. The quantitative estimate of drug-likeness (QED) is 0.764. The number of rotatable bonds is 2. The van der Waals surface area contributed by atoms with Crippen LogP contribution in [0.4, 0.5) is 14.9 Å². The van der Waals surface area contributed by atoms with E-state index in [0.717, 1.165) is 4.90 Å². The smallest absolute Gasteiger partial charge is 0.411 e. The minimum absolute atomic E-state index is 0.0949. The molecule has 0 aromatic heterocycles. The number of halogens is 1. The summed E-state index contributed by atoms with van der Waals surface area (Å²) in [5, 5.41) is 8.71. The zero-order valence-electron chi connectivity index (χ0n) is 7.20. The highest BCUT2D eigenvalue weighted by atomic mass is 19.1. The van der Waals surface area contributed by atoms with Gasteiger partial charge in [0, 0.05) is 6.54 Å². The van der Waals surface area contributed by atoms with Gasteiger partial charge in [-0.05, 0) is 19.1 Å². The summed E-state index contributed by atoms with van der Waals surface area (Å²) in [4.78, 5) is 11.6. The van der Waals surface area contributed by atoms with Crippen LogP contribution in [0.3, 0.4) is 0 Å². The molecule has 0 aliphatic rings. The van der Waals surface area contributed by atoms with Crippen molar-refractivity contribution >= 4 is 11.8 Å². The van der Waals surface area contributed by atoms with Gasteiger partial charge in [0.05, 0.1) is 5.69 Å². The summed E-state index contributed by atoms with van der Waals surface area (Å²) in [6.45, 7) is 1.89. The maximum atomic E-state index is 13.1. The van der Waals surface area contributed by atoms with Gasteiger partial charge in [0.1, 0.15) is 5.82 Å². The van der Waals surface area contributed by atoms with E-state index in [2.05, 4.69) is 0 Å². The summed E-state index contributed by atoms with van der Waals surface area (Å²) < 4.78 is 13.1. The van der Waals surface area contributed by atoms with Gasteiger partial charge in [-0.2, -0.15) is 0 Å². The minimum atomic E-state index is -1.15. The molecule has 0 aliphatic heterocycles. The number of anilines is 1. The van der Waals surface area contributed by atoms with Gasteiger partial charge in [0.25, 0.3) is 0 Å². The second kappa shape index (κ2) is 3.89. The highest BCUT2D eigenvalue weighted by Gasteiger charge is 2.14. The number of nitrogens with zero attached hydrogens (tertiary/aromatic N) is 1. The molecule has 1 amide bonds. The molecular weight excluding hydrogens is 173 g/mol. The predicted octanol–water partition coefficient (Wildman–Crippen LogP) is 2.33. The lowest BCUT2D eigenvalue weighted by Gasteiger charge is -2.17. The Morgan fingerprint density at radius 1 is 1.54 bits per heavy atom. The van der Waals surface area contributed by atoms with Gasteiger partial charge >= 0.3 is 6.09 Å².